The second-order valence-corrected chi connectivity index (χ2v) is 3.39. The van der Waals surface area contributed by atoms with E-state index in [1.165, 1.54) is 4.90 Å². The van der Waals surface area contributed by atoms with E-state index in [9.17, 15) is 18.0 Å². The van der Waals surface area contributed by atoms with Crippen LogP contribution in [0.25, 0.3) is 0 Å². The van der Waals surface area contributed by atoms with Crippen LogP contribution in [0.4, 0.5) is 18.0 Å². The van der Waals surface area contributed by atoms with E-state index >= 15 is 0 Å². The summed E-state index contributed by atoms with van der Waals surface area (Å²) in [7, 11) is 0. The van der Waals surface area contributed by atoms with Crippen molar-refractivity contribution >= 4 is 6.09 Å². The summed E-state index contributed by atoms with van der Waals surface area (Å²) in [6.07, 6.45) is -3.94. The number of halogens is 3. The zero-order valence-electron chi connectivity index (χ0n) is 8.09. The molecule has 1 heterocycles. The first-order valence-corrected chi connectivity index (χ1v) is 4.64. The minimum atomic E-state index is -4.48. The fourth-order valence-corrected chi connectivity index (χ4v) is 1.55. The van der Waals surface area contributed by atoms with Crippen LogP contribution in [0.1, 0.15) is 12.8 Å². The van der Waals surface area contributed by atoms with E-state index in [0.29, 0.717) is 6.54 Å². The summed E-state index contributed by atoms with van der Waals surface area (Å²) in [5.74, 6) is 0. The molecule has 1 atom stereocenters. The molecule has 1 amide bonds. The van der Waals surface area contributed by atoms with Crippen molar-refractivity contribution in [3.8, 4) is 0 Å². The van der Waals surface area contributed by atoms with Gasteiger partial charge in [0.25, 0.3) is 0 Å². The van der Waals surface area contributed by atoms with Crippen LogP contribution >= 0.6 is 0 Å². The van der Waals surface area contributed by atoms with Crippen molar-refractivity contribution in [2.75, 3.05) is 19.7 Å². The average molecular weight is 226 g/mol. The predicted octanol–water partition coefficient (Wildman–Crippen LogP) is 1.11. The van der Waals surface area contributed by atoms with Crippen molar-refractivity contribution in [2.45, 2.75) is 25.1 Å². The fraction of sp³-hybridized carbons (Fsp3) is 0.875. The van der Waals surface area contributed by atoms with Gasteiger partial charge >= 0.3 is 12.3 Å². The zero-order chi connectivity index (χ0) is 11.5. The first-order chi connectivity index (χ1) is 6.94. The maximum Gasteiger partial charge on any atom is 0.422 e. The van der Waals surface area contributed by atoms with Crippen LogP contribution in [0.2, 0.25) is 0 Å². The quantitative estimate of drug-likeness (QED) is 0.767. The van der Waals surface area contributed by atoms with Crippen LogP contribution in [-0.2, 0) is 4.74 Å². The normalized spacial score (nSPS) is 21.9. The molecule has 0 spiro atoms. The van der Waals surface area contributed by atoms with Crippen molar-refractivity contribution in [2.24, 2.45) is 5.73 Å². The van der Waals surface area contributed by atoms with Gasteiger partial charge in [-0.15, -0.1) is 0 Å². The maximum atomic E-state index is 11.8. The number of ether oxygens (including phenoxy) is 1. The van der Waals surface area contributed by atoms with Crippen LogP contribution in [0, 0.1) is 0 Å². The number of hydrogen-bond donors (Lipinski definition) is 1. The number of alkyl halides is 3. The largest absolute Gasteiger partial charge is 0.440 e. The minimum absolute atomic E-state index is 0.189. The van der Waals surface area contributed by atoms with Crippen molar-refractivity contribution in [1.82, 2.24) is 4.90 Å². The van der Waals surface area contributed by atoms with Gasteiger partial charge in [0.15, 0.2) is 6.61 Å². The Bertz CT molecular complexity index is 232. The topological polar surface area (TPSA) is 55.6 Å². The van der Waals surface area contributed by atoms with Gasteiger partial charge in [0.05, 0.1) is 0 Å². The molecule has 4 nitrogen and oxygen atoms in total. The summed E-state index contributed by atoms with van der Waals surface area (Å²) in [6.45, 7) is -0.876. The van der Waals surface area contributed by atoms with E-state index in [1.807, 2.05) is 0 Å². The van der Waals surface area contributed by atoms with Gasteiger partial charge in [0, 0.05) is 19.1 Å². The Morgan fingerprint density at radius 2 is 2.20 bits per heavy atom. The number of rotatable bonds is 2. The maximum absolute atomic E-state index is 11.8. The number of nitrogens with two attached hydrogens (primary N) is 1. The number of carbonyl (C=O) groups excluding carboxylic acids is 1. The van der Waals surface area contributed by atoms with Crippen molar-refractivity contribution < 1.29 is 22.7 Å². The Kier molecular flexibility index (Phi) is 3.78. The first-order valence-electron chi connectivity index (χ1n) is 4.64. The second-order valence-electron chi connectivity index (χ2n) is 3.39. The molecule has 0 aliphatic carbocycles. The lowest BCUT2D eigenvalue weighted by Gasteiger charge is -2.22. The number of amides is 1. The highest BCUT2D eigenvalue weighted by Gasteiger charge is 2.33. The van der Waals surface area contributed by atoms with Crippen molar-refractivity contribution in [1.29, 1.82) is 0 Å². The molecule has 1 fully saturated rings. The van der Waals surface area contributed by atoms with Gasteiger partial charge in [-0.05, 0) is 12.8 Å². The van der Waals surface area contributed by atoms with Crippen LogP contribution < -0.4 is 5.73 Å². The molecule has 7 heteroatoms. The van der Waals surface area contributed by atoms with Gasteiger partial charge < -0.3 is 15.4 Å². The van der Waals surface area contributed by atoms with Gasteiger partial charge in [0.1, 0.15) is 0 Å². The Hall–Kier alpha value is -0.980. The number of likely N-dealkylation sites (tertiary alicyclic amines) is 1. The monoisotopic (exact) mass is 226 g/mol. The zero-order valence-corrected chi connectivity index (χ0v) is 8.09. The Balaban J connectivity index is 2.40. The third kappa shape index (κ3) is 3.58. The summed E-state index contributed by atoms with van der Waals surface area (Å²) in [6, 6.07) is -0.189. The molecule has 0 saturated carbocycles. The molecule has 2 N–H and O–H groups in total. The summed E-state index contributed by atoms with van der Waals surface area (Å²) < 4.78 is 39.4. The predicted molar refractivity (Wildman–Crippen MR) is 46.2 cm³/mol. The third-order valence-electron chi connectivity index (χ3n) is 2.24. The van der Waals surface area contributed by atoms with Crippen LogP contribution in [0.5, 0.6) is 0 Å². The summed E-state index contributed by atoms with van der Waals surface area (Å²) in [5, 5.41) is 0. The van der Waals surface area contributed by atoms with Gasteiger partial charge in [-0.1, -0.05) is 0 Å². The molecule has 0 bridgehead atoms. The van der Waals surface area contributed by atoms with Gasteiger partial charge in [-0.2, -0.15) is 13.2 Å². The van der Waals surface area contributed by atoms with E-state index in [1.54, 1.807) is 0 Å². The number of nitrogens with zero attached hydrogens (tertiary/aromatic N) is 1. The highest BCUT2D eigenvalue weighted by molar-refractivity contribution is 5.68. The summed E-state index contributed by atoms with van der Waals surface area (Å²) in [4.78, 5) is 12.5. The van der Waals surface area contributed by atoms with Crippen molar-refractivity contribution in [3.05, 3.63) is 0 Å². The molecule has 88 valence electrons. The minimum Gasteiger partial charge on any atom is -0.440 e. The molecule has 0 aromatic heterocycles. The van der Waals surface area contributed by atoms with Crippen LogP contribution in [0.3, 0.4) is 0 Å². The lowest BCUT2D eigenvalue weighted by atomic mass is 10.2. The van der Waals surface area contributed by atoms with Crippen LogP contribution in [0.15, 0.2) is 0 Å². The number of hydrogen-bond acceptors (Lipinski definition) is 3. The smallest absolute Gasteiger partial charge is 0.422 e. The Morgan fingerprint density at radius 1 is 1.53 bits per heavy atom. The SMILES string of the molecule is NC[C@@H]1CCCN1C(=O)OCC(F)(F)F. The van der Waals surface area contributed by atoms with E-state index in [4.69, 9.17) is 5.73 Å². The van der Waals surface area contributed by atoms with E-state index in [2.05, 4.69) is 4.74 Å². The first kappa shape index (κ1) is 12.1. The average Bonchev–Trinajstić information content (AvgIpc) is 2.60. The molecule has 1 aliphatic heterocycles. The molecule has 0 unspecified atom stereocenters. The molecule has 0 radical (unpaired) electrons. The third-order valence-corrected chi connectivity index (χ3v) is 2.24. The summed E-state index contributed by atoms with van der Waals surface area (Å²) in [5.41, 5.74) is 5.37. The van der Waals surface area contributed by atoms with E-state index in [-0.39, 0.29) is 12.6 Å². The van der Waals surface area contributed by atoms with Crippen molar-refractivity contribution in [3.63, 3.8) is 0 Å². The van der Waals surface area contributed by atoms with Gasteiger partial charge in [0.2, 0.25) is 0 Å². The molecule has 1 aliphatic rings. The lowest BCUT2D eigenvalue weighted by molar-refractivity contribution is -0.162. The molecular weight excluding hydrogens is 213 g/mol. The molecule has 0 aromatic carbocycles. The fourth-order valence-electron chi connectivity index (χ4n) is 1.55. The second kappa shape index (κ2) is 4.69. The van der Waals surface area contributed by atoms with Crippen LogP contribution in [-0.4, -0.2) is 42.9 Å². The standard InChI is InChI=1S/C8H13F3N2O2/c9-8(10,11)5-15-7(14)13-3-1-2-6(13)4-12/h6H,1-5,12H2/t6-/m0/s1. The van der Waals surface area contributed by atoms with E-state index < -0.39 is 18.9 Å². The summed E-state index contributed by atoms with van der Waals surface area (Å²) >= 11 is 0. The highest BCUT2D eigenvalue weighted by Crippen LogP contribution is 2.19. The molecule has 1 saturated heterocycles. The van der Waals surface area contributed by atoms with Gasteiger partial charge in [-0.25, -0.2) is 4.79 Å². The Morgan fingerprint density at radius 3 is 2.73 bits per heavy atom. The number of carbonyl (C=O) groups is 1. The molecule has 1 rings (SSSR count). The highest BCUT2D eigenvalue weighted by atomic mass is 19.4. The Labute approximate surface area is 85.2 Å². The van der Waals surface area contributed by atoms with E-state index in [0.717, 1.165) is 12.8 Å². The molecule has 15 heavy (non-hydrogen) atoms. The van der Waals surface area contributed by atoms with Gasteiger partial charge in [-0.3, -0.25) is 0 Å². The molecular formula is C8H13F3N2O2. The molecule has 0 aromatic rings. The lowest BCUT2D eigenvalue weighted by Crippen LogP contribution is -2.41.